The van der Waals surface area contributed by atoms with Gasteiger partial charge in [0.15, 0.2) is 5.78 Å². The van der Waals surface area contributed by atoms with E-state index in [-0.39, 0.29) is 11.8 Å². The maximum absolute atomic E-state index is 12.7. The van der Waals surface area contributed by atoms with E-state index in [0.717, 1.165) is 43.1 Å². The van der Waals surface area contributed by atoms with Crippen LogP contribution in [0.2, 0.25) is 5.02 Å². The number of hydrogen-bond donors (Lipinski definition) is 0. The van der Waals surface area contributed by atoms with Gasteiger partial charge in [-0.15, -0.1) is 0 Å². The maximum Gasteiger partial charge on any atom is 0.344 e. The summed E-state index contributed by atoms with van der Waals surface area (Å²) < 4.78 is 1.29. The Kier molecular flexibility index (Phi) is 5.25. The number of fused-ring (bicyclic) bond motifs is 1. The molecule has 6 nitrogen and oxygen atoms in total. The average Bonchev–Trinajstić information content (AvgIpc) is 3.37. The number of hydrogen-bond acceptors (Lipinski definition) is 4. The van der Waals surface area contributed by atoms with Crippen LogP contribution in [0.4, 0.5) is 4.79 Å². The number of Topliss-reactive ketones (excluding diaryl/α,β-unsaturated/α-hetero) is 1. The summed E-state index contributed by atoms with van der Waals surface area (Å²) in [6, 6.07) is 9.96. The van der Waals surface area contributed by atoms with Crippen LogP contribution in [0.1, 0.15) is 35.8 Å². The van der Waals surface area contributed by atoms with Crippen LogP contribution in [-0.4, -0.2) is 57.6 Å². The second-order valence-electron chi connectivity index (χ2n) is 8.04. The van der Waals surface area contributed by atoms with Gasteiger partial charge in [-0.05, 0) is 49.4 Å². The van der Waals surface area contributed by atoms with Gasteiger partial charge < -0.3 is 4.90 Å². The second kappa shape index (κ2) is 7.68. The van der Waals surface area contributed by atoms with Crippen molar-refractivity contribution in [1.29, 1.82) is 0 Å². The zero-order valence-corrected chi connectivity index (χ0v) is 17.0. The van der Waals surface area contributed by atoms with Crippen LogP contribution in [0.5, 0.6) is 0 Å². The van der Waals surface area contributed by atoms with Gasteiger partial charge in [0, 0.05) is 43.8 Å². The number of nitrogens with zero attached hydrogens (tertiary/aromatic N) is 4. The zero-order chi connectivity index (χ0) is 19.8. The topological polar surface area (TPSA) is 58.4 Å². The molecule has 1 amide bonds. The molecule has 1 unspecified atom stereocenters. The standard InChI is InChI=1S/C21H25ClN4O2/c1-14(27)20-7-8-26(23-20)21(28)25-12-16-9-18(10-17(16)13-25)24(2)11-15-5-3-4-6-19(15)22/h3-8,16-18H,9-13H2,1-2H3/t16-,17+,18?. The summed E-state index contributed by atoms with van der Waals surface area (Å²) in [5, 5.41) is 4.92. The number of amides is 1. The fraction of sp³-hybridized carbons (Fsp3) is 0.476. The molecule has 0 bridgehead atoms. The van der Waals surface area contributed by atoms with Gasteiger partial charge >= 0.3 is 6.03 Å². The lowest BCUT2D eigenvalue weighted by Gasteiger charge is -2.26. The normalized spacial score (nSPS) is 24.0. The Morgan fingerprint density at radius 1 is 1.18 bits per heavy atom. The molecule has 1 aromatic carbocycles. The lowest BCUT2D eigenvalue weighted by Crippen LogP contribution is -2.36. The van der Waals surface area contributed by atoms with Gasteiger partial charge in [-0.3, -0.25) is 9.69 Å². The van der Waals surface area contributed by atoms with E-state index in [1.165, 1.54) is 11.6 Å². The molecule has 2 aliphatic rings. The minimum Gasteiger partial charge on any atom is -0.322 e. The van der Waals surface area contributed by atoms with Crippen LogP contribution in [0.3, 0.4) is 0 Å². The van der Waals surface area contributed by atoms with Crippen molar-refractivity contribution < 1.29 is 9.59 Å². The lowest BCUT2D eigenvalue weighted by atomic mass is 10.0. The van der Waals surface area contributed by atoms with Crippen LogP contribution < -0.4 is 0 Å². The molecular weight excluding hydrogens is 376 g/mol. The van der Waals surface area contributed by atoms with Crippen molar-refractivity contribution >= 4 is 23.4 Å². The minimum atomic E-state index is -0.136. The van der Waals surface area contributed by atoms with E-state index < -0.39 is 0 Å². The molecular formula is C21H25ClN4O2. The van der Waals surface area contributed by atoms with Gasteiger partial charge in [0.1, 0.15) is 5.69 Å². The van der Waals surface area contributed by atoms with E-state index >= 15 is 0 Å². The average molecular weight is 401 g/mol. The Morgan fingerprint density at radius 3 is 2.46 bits per heavy atom. The molecule has 1 saturated heterocycles. The molecule has 2 heterocycles. The summed E-state index contributed by atoms with van der Waals surface area (Å²) in [6.07, 6.45) is 3.76. The van der Waals surface area contributed by atoms with Gasteiger partial charge in [-0.25, -0.2) is 4.79 Å². The number of ketones is 1. The molecule has 28 heavy (non-hydrogen) atoms. The molecule has 4 rings (SSSR count). The summed E-state index contributed by atoms with van der Waals surface area (Å²) in [5.41, 5.74) is 1.48. The van der Waals surface area contributed by atoms with Gasteiger partial charge in [-0.1, -0.05) is 29.8 Å². The lowest BCUT2D eigenvalue weighted by molar-refractivity contribution is 0.101. The van der Waals surface area contributed by atoms with Crippen LogP contribution in [0.25, 0.3) is 0 Å². The molecule has 7 heteroatoms. The fourth-order valence-electron chi connectivity index (χ4n) is 4.57. The van der Waals surface area contributed by atoms with E-state index in [4.69, 9.17) is 11.6 Å². The smallest absolute Gasteiger partial charge is 0.322 e. The van der Waals surface area contributed by atoms with Crippen molar-refractivity contribution in [2.24, 2.45) is 11.8 Å². The van der Waals surface area contributed by atoms with Crippen LogP contribution in [-0.2, 0) is 6.54 Å². The molecule has 1 aliphatic carbocycles. The first kappa shape index (κ1) is 19.2. The molecule has 1 saturated carbocycles. The molecule has 2 fully saturated rings. The van der Waals surface area contributed by atoms with Crippen molar-refractivity contribution in [3.63, 3.8) is 0 Å². The summed E-state index contributed by atoms with van der Waals surface area (Å²) in [6.45, 7) is 3.81. The van der Waals surface area contributed by atoms with E-state index in [2.05, 4.69) is 23.1 Å². The summed E-state index contributed by atoms with van der Waals surface area (Å²) >= 11 is 6.30. The Labute approximate surface area is 170 Å². The van der Waals surface area contributed by atoms with Gasteiger partial charge in [0.25, 0.3) is 0 Å². The van der Waals surface area contributed by atoms with Crippen LogP contribution >= 0.6 is 11.6 Å². The molecule has 3 atom stereocenters. The second-order valence-corrected chi connectivity index (χ2v) is 8.45. The minimum absolute atomic E-state index is 0.130. The summed E-state index contributed by atoms with van der Waals surface area (Å²) in [4.78, 5) is 28.4. The van der Waals surface area contributed by atoms with Crippen molar-refractivity contribution in [2.45, 2.75) is 32.4 Å². The summed E-state index contributed by atoms with van der Waals surface area (Å²) in [7, 11) is 2.16. The predicted molar refractivity (Wildman–Crippen MR) is 108 cm³/mol. The first-order valence-corrected chi connectivity index (χ1v) is 10.1. The van der Waals surface area contributed by atoms with Gasteiger partial charge in [-0.2, -0.15) is 9.78 Å². The van der Waals surface area contributed by atoms with Crippen LogP contribution in [0, 0.1) is 11.8 Å². The number of aromatic nitrogens is 2. The summed E-state index contributed by atoms with van der Waals surface area (Å²) in [5.74, 6) is 0.908. The number of carbonyl (C=O) groups excluding carboxylic acids is 2. The molecule has 2 aromatic rings. The highest BCUT2D eigenvalue weighted by Gasteiger charge is 2.43. The highest BCUT2D eigenvalue weighted by Crippen LogP contribution is 2.40. The maximum atomic E-state index is 12.7. The molecule has 1 aliphatic heterocycles. The Bertz CT molecular complexity index is 882. The Morgan fingerprint density at radius 2 is 1.86 bits per heavy atom. The third-order valence-corrected chi connectivity index (χ3v) is 6.51. The predicted octanol–water partition coefficient (Wildman–Crippen LogP) is 3.55. The number of likely N-dealkylation sites (tertiary alicyclic amines) is 1. The SMILES string of the molecule is CC(=O)c1ccn(C(=O)N2C[C@H]3CC(N(C)Cc4ccccc4Cl)C[C@H]3C2)n1. The third kappa shape index (κ3) is 3.71. The number of benzene rings is 1. The molecule has 1 aromatic heterocycles. The Balaban J connectivity index is 1.34. The number of halogens is 1. The van der Waals surface area contributed by atoms with E-state index in [1.807, 2.05) is 23.1 Å². The highest BCUT2D eigenvalue weighted by atomic mass is 35.5. The first-order chi connectivity index (χ1) is 13.4. The van der Waals surface area contributed by atoms with Gasteiger partial charge in [0.2, 0.25) is 0 Å². The van der Waals surface area contributed by atoms with E-state index in [9.17, 15) is 9.59 Å². The van der Waals surface area contributed by atoms with Crippen molar-refractivity contribution in [1.82, 2.24) is 19.6 Å². The fourth-order valence-corrected chi connectivity index (χ4v) is 4.77. The number of carbonyl (C=O) groups is 2. The van der Waals surface area contributed by atoms with Gasteiger partial charge in [0.05, 0.1) is 0 Å². The largest absolute Gasteiger partial charge is 0.344 e. The Hall–Kier alpha value is -2.18. The first-order valence-electron chi connectivity index (χ1n) is 9.72. The van der Waals surface area contributed by atoms with Crippen molar-refractivity contribution in [3.8, 4) is 0 Å². The molecule has 0 spiro atoms. The molecule has 148 valence electrons. The van der Waals surface area contributed by atoms with Crippen molar-refractivity contribution in [2.75, 3.05) is 20.1 Å². The zero-order valence-electron chi connectivity index (χ0n) is 16.2. The van der Waals surface area contributed by atoms with E-state index in [1.54, 1.807) is 12.3 Å². The number of rotatable bonds is 4. The molecule has 0 radical (unpaired) electrons. The molecule has 0 N–H and O–H groups in total. The highest BCUT2D eigenvalue weighted by molar-refractivity contribution is 6.31. The third-order valence-electron chi connectivity index (χ3n) is 6.14. The van der Waals surface area contributed by atoms with Crippen LogP contribution in [0.15, 0.2) is 36.5 Å². The monoisotopic (exact) mass is 400 g/mol. The van der Waals surface area contributed by atoms with Crippen molar-refractivity contribution in [3.05, 3.63) is 52.8 Å². The van der Waals surface area contributed by atoms with E-state index in [0.29, 0.717) is 23.6 Å². The quantitative estimate of drug-likeness (QED) is 0.736.